The largest absolute Gasteiger partial charge is 0.496 e. The molecule has 21 heavy (non-hydrogen) atoms. The molecule has 0 aromatic heterocycles. The van der Waals surface area contributed by atoms with Gasteiger partial charge in [0.05, 0.1) is 17.7 Å². The average molecular weight is 351 g/mol. The number of rotatable bonds is 5. The van der Waals surface area contributed by atoms with Gasteiger partial charge in [0.15, 0.2) is 0 Å². The molecule has 0 fully saturated rings. The lowest BCUT2D eigenvalue weighted by molar-refractivity contribution is 0.190. The van der Waals surface area contributed by atoms with Gasteiger partial charge in [-0.2, -0.15) is 0 Å². The molecule has 1 N–H and O–H groups in total. The lowest BCUT2D eigenvalue weighted by Gasteiger charge is -2.15. The van der Waals surface area contributed by atoms with Crippen LogP contribution >= 0.6 is 15.9 Å². The summed E-state index contributed by atoms with van der Waals surface area (Å²) in [7, 11) is 1.64. The Kier molecular flexibility index (Phi) is 5.26. The van der Waals surface area contributed by atoms with E-state index in [1.54, 1.807) is 14.0 Å². The molecule has 0 heterocycles. The molecule has 1 atom stereocenters. The van der Waals surface area contributed by atoms with Crippen LogP contribution in [0.1, 0.15) is 29.7 Å². The van der Waals surface area contributed by atoms with Crippen LogP contribution in [0.5, 0.6) is 11.5 Å². The highest BCUT2D eigenvalue weighted by atomic mass is 79.9. The fourth-order valence-corrected chi connectivity index (χ4v) is 2.66. The first kappa shape index (κ1) is 15.9. The Morgan fingerprint density at radius 3 is 2.52 bits per heavy atom. The van der Waals surface area contributed by atoms with Crippen molar-refractivity contribution in [2.45, 2.75) is 26.6 Å². The predicted octanol–water partition coefficient (Wildman–Crippen LogP) is 4.40. The van der Waals surface area contributed by atoms with Crippen molar-refractivity contribution in [2.75, 3.05) is 7.11 Å². The number of hydrogen-bond acceptors (Lipinski definition) is 3. The monoisotopic (exact) mass is 350 g/mol. The zero-order valence-corrected chi connectivity index (χ0v) is 14.0. The molecule has 2 rings (SSSR count). The summed E-state index contributed by atoms with van der Waals surface area (Å²) in [5, 5.41) is 9.80. The van der Waals surface area contributed by atoms with Gasteiger partial charge in [-0.1, -0.05) is 18.2 Å². The van der Waals surface area contributed by atoms with Gasteiger partial charge in [-0.05, 0) is 59.1 Å². The fourth-order valence-electron chi connectivity index (χ4n) is 2.07. The molecule has 0 radical (unpaired) electrons. The number of hydrogen-bond donors (Lipinski definition) is 1. The fraction of sp³-hybridized carbons (Fsp3) is 0.294. The van der Waals surface area contributed by atoms with Gasteiger partial charge in [0.2, 0.25) is 0 Å². The van der Waals surface area contributed by atoms with Crippen LogP contribution in [0.15, 0.2) is 40.9 Å². The molecule has 0 saturated carbocycles. The number of aryl methyl sites for hydroxylation is 1. The zero-order valence-electron chi connectivity index (χ0n) is 12.4. The summed E-state index contributed by atoms with van der Waals surface area (Å²) >= 11 is 3.46. The third-order valence-corrected chi connectivity index (χ3v) is 3.85. The van der Waals surface area contributed by atoms with E-state index in [1.165, 1.54) is 0 Å². The van der Waals surface area contributed by atoms with Gasteiger partial charge < -0.3 is 14.6 Å². The molecule has 0 aliphatic rings. The topological polar surface area (TPSA) is 38.7 Å². The average Bonchev–Trinajstić information content (AvgIpc) is 2.45. The number of benzene rings is 2. The first-order valence-electron chi connectivity index (χ1n) is 6.75. The summed E-state index contributed by atoms with van der Waals surface area (Å²) in [6, 6.07) is 11.6. The van der Waals surface area contributed by atoms with Gasteiger partial charge in [0.1, 0.15) is 18.1 Å². The minimum Gasteiger partial charge on any atom is -0.496 e. The van der Waals surface area contributed by atoms with Crippen molar-refractivity contribution in [3.63, 3.8) is 0 Å². The molecule has 0 aliphatic heterocycles. The van der Waals surface area contributed by atoms with E-state index in [0.717, 1.165) is 32.7 Å². The molecular weight excluding hydrogens is 332 g/mol. The molecule has 0 saturated heterocycles. The van der Waals surface area contributed by atoms with Crippen LogP contribution in [-0.2, 0) is 6.61 Å². The van der Waals surface area contributed by atoms with E-state index in [4.69, 9.17) is 9.47 Å². The first-order valence-corrected chi connectivity index (χ1v) is 7.54. The van der Waals surface area contributed by atoms with Crippen molar-refractivity contribution < 1.29 is 14.6 Å². The van der Waals surface area contributed by atoms with Gasteiger partial charge in [-0.15, -0.1) is 0 Å². The number of ether oxygens (including phenoxy) is 2. The molecule has 112 valence electrons. The molecule has 4 heteroatoms. The van der Waals surface area contributed by atoms with Gasteiger partial charge in [0, 0.05) is 5.56 Å². The van der Waals surface area contributed by atoms with Crippen LogP contribution in [0.3, 0.4) is 0 Å². The van der Waals surface area contributed by atoms with Gasteiger partial charge in [0.25, 0.3) is 0 Å². The number of aliphatic hydroxyl groups excluding tert-OH is 1. The van der Waals surface area contributed by atoms with Crippen LogP contribution in [0.25, 0.3) is 0 Å². The third-order valence-electron chi connectivity index (χ3n) is 3.23. The van der Waals surface area contributed by atoms with Crippen LogP contribution < -0.4 is 9.47 Å². The predicted molar refractivity (Wildman–Crippen MR) is 86.8 cm³/mol. The SMILES string of the molecule is COc1ccc(COc2cc(C)ccc2[C@@H](C)O)cc1Br. The minimum absolute atomic E-state index is 0.436. The van der Waals surface area contributed by atoms with E-state index in [9.17, 15) is 5.11 Å². The summed E-state index contributed by atoms with van der Waals surface area (Å²) in [5.74, 6) is 1.51. The van der Waals surface area contributed by atoms with Crippen molar-refractivity contribution in [2.24, 2.45) is 0 Å². The van der Waals surface area contributed by atoms with Crippen LogP contribution in [0.4, 0.5) is 0 Å². The van der Waals surface area contributed by atoms with E-state index in [-0.39, 0.29) is 0 Å². The molecule has 0 spiro atoms. The highest BCUT2D eigenvalue weighted by molar-refractivity contribution is 9.10. The van der Waals surface area contributed by atoms with Crippen molar-refractivity contribution in [3.8, 4) is 11.5 Å². The normalized spacial score (nSPS) is 12.0. The van der Waals surface area contributed by atoms with E-state index < -0.39 is 6.10 Å². The summed E-state index contributed by atoms with van der Waals surface area (Å²) < 4.78 is 12.0. The Morgan fingerprint density at radius 1 is 1.14 bits per heavy atom. The van der Waals surface area contributed by atoms with Gasteiger partial charge >= 0.3 is 0 Å². The van der Waals surface area contributed by atoms with Crippen LogP contribution in [-0.4, -0.2) is 12.2 Å². The summed E-state index contributed by atoms with van der Waals surface area (Å²) in [6.45, 7) is 4.18. The molecule has 0 bridgehead atoms. The van der Waals surface area contributed by atoms with Crippen molar-refractivity contribution in [3.05, 3.63) is 57.6 Å². The lowest BCUT2D eigenvalue weighted by atomic mass is 10.1. The standard InChI is InChI=1S/C17H19BrO3/c1-11-4-6-14(12(2)19)17(8-11)21-10-13-5-7-16(20-3)15(18)9-13/h4-9,12,19H,10H2,1-3H3/t12-/m1/s1. The smallest absolute Gasteiger partial charge is 0.133 e. The maximum absolute atomic E-state index is 9.80. The summed E-state index contributed by atoms with van der Waals surface area (Å²) in [4.78, 5) is 0. The second-order valence-corrected chi connectivity index (χ2v) is 5.83. The highest BCUT2D eigenvalue weighted by Crippen LogP contribution is 2.29. The number of methoxy groups -OCH3 is 1. The third kappa shape index (κ3) is 3.99. The van der Waals surface area contributed by atoms with E-state index in [2.05, 4.69) is 15.9 Å². The van der Waals surface area contributed by atoms with Crippen molar-refractivity contribution in [1.82, 2.24) is 0 Å². The first-order chi connectivity index (χ1) is 10.0. The Labute approximate surface area is 133 Å². The Balaban J connectivity index is 2.16. The quantitative estimate of drug-likeness (QED) is 0.868. The summed E-state index contributed by atoms with van der Waals surface area (Å²) in [6.07, 6.45) is -0.553. The van der Waals surface area contributed by atoms with Crippen molar-refractivity contribution in [1.29, 1.82) is 0 Å². The van der Waals surface area contributed by atoms with Crippen LogP contribution in [0, 0.1) is 6.92 Å². The maximum Gasteiger partial charge on any atom is 0.133 e. The lowest BCUT2D eigenvalue weighted by Crippen LogP contribution is -2.01. The molecule has 3 nitrogen and oxygen atoms in total. The van der Waals surface area contributed by atoms with Crippen molar-refractivity contribution >= 4 is 15.9 Å². The van der Waals surface area contributed by atoms with Crippen LogP contribution in [0.2, 0.25) is 0 Å². The molecular formula is C17H19BrO3. The van der Waals surface area contributed by atoms with E-state index in [0.29, 0.717) is 6.61 Å². The zero-order chi connectivity index (χ0) is 15.4. The second-order valence-electron chi connectivity index (χ2n) is 4.97. The minimum atomic E-state index is -0.553. The van der Waals surface area contributed by atoms with Gasteiger partial charge in [-0.25, -0.2) is 0 Å². The Hall–Kier alpha value is -1.52. The number of aliphatic hydroxyl groups is 1. The van der Waals surface area contributed by atoms with Gasteiger partial charge in [-0.3, -0.25) is 0 Å². The van der Waals surface area contributed by atoms with E-state index >= 15 is 0 Å². The second kappa shape index (κ2) is 6.96. The molecule has 2 aromatic carbocycles. The van der Waals surface area contributed by atoms with E-state index in [1.807, 2.05) is 43.3 Å². The Morgan fingerprint density at radius 2 is 1.90 bits per heavy atom. The molecule has 0 amide bonds. The molecule has 0 aliphatic carbocycles. The molecule has 2 aromatic rings. The Bertz CT molecular complexity index is 623. The summed E-state index contributed by atoms with van der Waals surface area (Å²) in [5.41, 5.74) is 2.93. The molecule has 0 unspecified atom stereocenters. The number of halogens is 1. The highest BCUT2D eigenvalue weighted by Gasteiger charge is 2.10. The maximum atomic E-state index is 9.80.